The first-order chi connectivity index (χ1) is 5.79. The predicted molar refractivity (Wildman–Crippen MR) is 45.2 cm³/mol. The van der Waals surface area contributed by atoms with E-state index in [4.69, 9.17) is 9.52 Å². The second kappa shape index (κ2) is 2.67. The van der Waals surface area contributed by atoms with Gasteiger partial charge in [-0.3, -0.25) is 0 Å². The fraction of sp³-hybridized carbons (Fsp3) is 0. The molecule has 1 N–H and O–H groups in total. The average Bonchev–Trinajstić information content (AvgIpc) is 2.64. The summed E-state index contributed by atoms with van der Waals surface area (Å²) in [5.41, 5.74) is 0. The molecule has 2 aromatic rings. The quantitative estimate of drug-likeness (QED) is 0.812. The number of aromatic hydroxyl groups is 1. The Bertz CT molecular complexity index is 380. The van der Waals surface area contributed by atoms with Crippen LogP contribution >= 0.6 is 15.9 Å². The minimum absolute atomic E-state index is 0.0893. The molecule has 0 aliphatic carbocycles. The Morgan fingerprint density at radius 2 is 2.42 bits per heavy atom. The second-order valence-corrected chi connectivity index (χ2v) is 2.93. The van der Waals surface area contributed by atoms with Crippen LogP contribution in [0.5, 0.6) is 5.75 Å². The number of nitrogens with zero attached hydrogens (tertiary/aromatic N) is 2. The van der Waals surface area contributed by atoms with Crippen LogP contribution in [0.3, 0.4) is 0 Å². The highest BCUT2D eigenvalue weighted by Gasteiger charge is 2.09. The maximum atomic E-state index is 9.17. The molecule has 0 radical (unpaired) electrons. The summed E-state index contributed by atoms with van der Waals surface area (Å²) >= 11 is 3.16. The van der Waals surface area contributed by atoms with Gasteiger partial charge in [-0.15, -0.1) is 0 Å². The summed E-state index contributed by atoms with van der Waals surface area (Å²) in [4.78, 5) is 0. The summed E-state index contributed by atoms with van der Waals surface area (Å²) in [6.45, 7) is 0. The molecule has 0 aliphatic rings. The highest BCUT2D eigenvalue weighted by Crippen LogP contribution is 2.25. The topological polar surface area (TPSA) is 51.2 Å². The maximum absolute atomic E-state index is 9.17. The third-order valence-electron chi connectivity index (χ3n) is 1.41. The largest absolute Gasteiger partial charge is 0.504 e. The van der Waals surface area contributed by atoms with Crippen LogP contribution in [0.2, 0.25) is 0 Å². The van der Waals surface area contributed by atoms with Gasteiger partial charge in [-0.1, -0.05) is 0 Å². The first-order valence-corrected chi connectivity index (χ1v) is 4.04. The Morgan fingerprint density at radius 3 is 2.92 bits per heavy atom. The molecule has 0 fully saturated rings. The standard InChI is InChI=1S/C7H5BrN2O2/c8-7-5(11)4-9-10(7)6-2-1-3-12-6/h1-4,11H. The fourth-order valence-electron chi connectivity index (χ4n) is 0.869. The van der Waals surface area contributed by atoms with Gasteiger partial charge < -0.3 is 9.52 Å². The Hall–Kier alpha value is -1.23. The number of hydrogen-bond acceptors (Lipinski definition) is 3. The first-order valence-electron chi connectivity index (χ1n) is 3.25. The SMILES string of the molecule is Oc1cnn(-c2ccco2)c1Br. The minimum Gasteiger partial charge on any atom is -0.504 e. The van der Waals surface area contributed by atoms with Crippen molar-refractivity contribution >= 4 is 15.9 Å². The van der Waals surface area contributed by atoms with Gasteiger partial charge in [0.15, 0.2) is 10.4 Å². The monoisotopic (exact) mass is 228 g/mol. The van der Waals surface area contributed by atoms with Crippen molar-refractivity contribution in [2.75, 3.05) is 0 Å². The van der Waals surface area contributed by atoms with Gasteiger partial charge in [-0.2, -0.15) is 9.78 Å². The fourth-order valence-corrected chi connectivity index (χ4v) is 1.24. The van der Waals surface area contributed by atoms with Gasteiger partial charge >= 0.3 is 0 Å². The van der Waals surface area contributed by atoms with Crippen molar-refractivity contribution in [3.8, 4) is 11.6 Å². The van der Waals surface area contributed by atoms with Crippen molar-refractivity contribution in [2.45, 2.75) is 0 Å². The van der Waals surface area contributed by atoms with Crippen molar-refractivity contribution in [2.24, 2.45) is 0 Å². The van der Waals surface area contributed by atoms with Crippen LogP contribution in [0.4, 0.5) is 0 Å². The number of aromatic nitrogens is 2. The summed E-state index contributed by atoms with van der Waals surface area (Å²) in [7, 11) is 0. The molecule has 62 valence electrons. The van der Waals surface area contributed by atoms with E-state index in [9.17, 15) is 0 Å². The van der Waals surface area contributed by atoms with E-state index in [0.29, 0.717) is 10.5 Å². The third kappa shape index (κ3) is 1.02. The summed E-state index contributed by atoms with van der Waals surface area (Å²) in [6, 6.07) is 3.50. The lowest BCUT2D eigenvalue weighted by Crippen LogP contribution is -1.93. The molecule has 0 bridgehead atoms. The number of halogens is 1. The van der Waals surface area contributed by atoms with Crippen LogP contribution in [0, 0.1) is 0 Å². The van der Waals surface area contributed by atoms with E-state index in [1.54, 1.807) is 18.4 Å². The van der Waals surface area contributed by atoms with Crippen LogP contribution in [0.1, 0.15) is 0 Å². The number of furan rings is 1. The summed E-state index contributed by atoms with van der Waals surface area (Å²) in [5, 5.41) is 13.1. The molecule has 0 saturated carbocycles. The molecule has 0 saturated heterocycles. The van der Waals surface area contributed by atoms with Crippen molar-refractivity contribution in [1.29, 1.82) is 0 Å². The minimum atomic E-state index is 0.0893. The van der Waals surface area contributed by atoms with Gasteiger partial charge in [0.05, 0.1) is 12.5 Å². The summed E-state index contributed by atoms with van der Waals surface area (Å²) in [6.07, 6.45) is 2.88. The molecule has 0 amide bonds. The van der Waals surface area contributed by atoms with Gasteiger partial charge in [0.25, 0.3) is 0 Å². The van der Waals surface area contributed by atoms with Gasteiger partial charge in [0.2, 0.25) is 5.88 Å². The van der Waals surface area contributed by atoms with Gasteiger partial charge in [0.1, 0.15) is 0 Å². The van der Waals surface area contributed by atoms with Crippen LogP contribution in [0.15, 0.2) is 33.6 Å². The van der Waals surface area contributed by atoms with E-state index >= 15 is 0 Å². The molecular weight excluding hydrogens is 224 g/mol. The third-order valence-corrected chi connectivity index (χ3v) is 2.15. The van der Waals surface area contributed by atoms with E-state index in [-0.39, 0.29) is 5.75 Å². The number of rotatable bonds is 1. The zero-order valence-electron chi connectivity index (χ0n) is 5.94. The van der Waals surface area contributed by atoms with Gasteiger partial charge in [0, 0.05) is 6.07 Å². The smallest absolute Gasteiger partial charge is 0.220 e. The molecular formula is C7H5BrN2O2. The molecule has 0 aromatic carbocycles. The van der Waals surface area contributed by atoms with Crippen LogP contribution in [-0.2, 0) is 0 Å². The molecule has 5 heteroatoms. The average molecular weight is 229 g/mol. The normalized spacial score (nSPS) is 10.4. The Kier molecular flexibility index (Phi) is 1.65. The lowest BCUT2D eigenvalue weighted by Gasteiger charge is -1.95. The molecule has 2 heterocycles. The first kappa shape index (κ1) is 7.42. The summed E-state index contributed by atoms with van der Waals surface area (Å²) < 4.78 is 7.01. The molecule has 4 nitrogen and oxygen atoms in total. The van der Waals surface area contributed by atoms with E-state index in [0.717, 1.165) is 0 Å². The molecule has 0 unspecified atom stereocenters. The second-order valence-electron chi connectivity index (χ2n) is 2.18. The van der Waals surface area contributed by atoms with E-state index in [1.807, 2.05) is 0 Å². The van der Waals surface area contributed by atoms with E-state index in [1.165, 1.54) is 10.9 Å². The van der Waals surface area contributed by atoms with E-state index in [2.05, 4.69) is 21.0 Å². The maximum Gasteiger partial charge on any atom is 0.220 e. The molecule has 12 heavy (non-hydrogen) atoms. The van der Waals surface area contributed by atoms with Crippen LogP contribution < -0.4 is 0 Å². The van der Waals surface area contributed by atoms with Crippen LogP contribution in [-0.4, -0.2) is 14.9 Å². The molecule has 2 aromatic heterocycles. The Balaban J connectivity index is 2.55. The van der Waals surface area contributed by atoms with Crippen LogP contribution in [0.25, 0.3) is 5.88 Å². The highest BCUT2D eigenvalue weighted by atomic mass is 79.9. The molecule has 0 aliphatic heterocycles. The molecule has 0 atom stereocenters. The zero-order valence-corrected chi connectivity index (χ0v) is 7.52. The predicted octanol–water partition coefficient (Wildman–Crippen LogP) is 1.93. The lowest BCUT2D eigenvalue weighted by molar-refractivity contribution is 0.468. The summed E-state index contributed by atoms with van der Waals surface area (Å²) in [5.74, 6) is 0.647. The van der Waals surface area contributed by atoms with Crippen molar-refractivity contribution in [3.63, 3.8) is 0 Å². The molecule has 0 spiro atoms. The van der Waals surface area contributed by atoms with Crippen molar-refractivity contribution in [3.05, 3.63) is 29.2 Å². The Labute approximate surface area is 76.6 Å². The van der Waals surface area contributed by atoms with E-state index < -0.39 is 0 Å². The van der Waals surface area contributed by atoms with Gasteiger partial charge in [-0.25, -0.2) is 0 Å². The molecule has 2 rings (SSSR count). The van der Waals surface area contributed by atoms with Gasteiger partial charge in [-0.05, 0) is 22.0 Å². The van der Waals surface area contributed by atoms with Crippen molar-refractivity contribution < 1.29 is 9.52 Å². The number of hydrogen-bond donors (Lipinski definition) is 1. The lowest BCUT2D eigenvalue weighted by atomic mass is 10.6. The van der Waals surface area contributed by atoms with Crippen molar-refractivity contribution in [1.82, 2.24) is 9.78 Å². The zero-order chi connectivity index (χ0) is 8.55. The Morgan fingerprint density at radius 1 is 1.58 bits per heavy atom. The highest BCUT2D eigenvalue weighted by molar-refractivity contribution is 9.10.